The predicted octanol–water partition coefficient (Wildman–Crippen LogP) is 7.54. The first-order chi connectivity index (χ1) is 21.2. The van der Waals surface area contributed by atoms with Crippen molar-refractivity contribution in [2.45, 2.75) is 0 Å². The van der Waals surface area contributed by atoms with Gasteiger partial charge >= 0.3 is 14.2 Å². The van der Waals surface area contributed by atoms with Crippen LogP contribution in [0.2, 0.25) is 0 Å². The summed E-state index contributed by atoms with van der Waals surface area (Å²) in [6.45, 7) is 0. The normalized spacial score (nSPS) is 9.44. The molecule has 0 amide bonds. The van der Waals surface area contributed by atoms with Crippen molar-refractivity contribution < 1.29 is 42.0 Å². The highest BCUT2D eigenvalue weighted by atomic mass is 79.9. The Morgan fingerprint density at radius 2 is 0.844 bits per heavy atom. The van der Waals surface area contributed by atoms with Crippen LogP contribution in [0.25, 0.3) is 0 Å². The van der Waals surface area contributed by atoms with Crippen LogP contribution >= 0.6 is 63.7 Å². The van der Waals surface area contributed by atoms with E-state index >= 15 is 0 Å². The molecule has 5 aromatic carbocycles. The van der Waals surface area contributed by atoms with E-state index < -0.39 is 25.9 Å². The number of hydrogen-bond donors (Lipinski definition) is 4. The van der Waals surface area contributed by atoms with E-state index in [9.17, 15) is 22.0 Å². The summed E-state index contributed by atoms with van der Waals surface area (Å²) in [4.78, 5) is 0. The van der Waals surface area contributed by atoms with Gasteiger partial charge in [0.05, 0.1) is 8.95 Å². The molecule has 5 aromatic rings. The summed E-state index contributed by atoms with van der Waals surface area (Å²) in [5, 5.41) is 34.3. The molecule has 15 heteroatoms. The van der Waals surface area contributed by atoms with Gasteiger partial charge in [-0.3, -0.25) is 0 Å². The molecule has 0 aromatic heterocycles. The van der Waals surface area contributed by atoms with Gasteiger partial charge in [0.25, 0.3) is 0 Å². The lowest BCUT2D eigenvalue weighted by molar-refractivity contribution is 0.424. The monoisotopic (exact) mass is 880 g/mol. The van der Waals surface area contributed by atoms with Gasteiger partial charge in [0.2, 0.25) is 0 Å². The molecule has 0 atom stereocenters. The van der Waals surface area contributed by atoms with Gasteiger partial charge in [0.15, 0.2) is 0 Å². The lowest BCUT2D eigenvalue weighted by atomic mass is 9.80. The summed E-state index contributed by atoms with van der Waals surface area (Å²) in [5.41, 5.74) is 0.311. The van der Waals surface area contributed by atoms with E-state index in [0.29, 0.717) is 8.95 Å². The zero-order chi connectivity index (χ0) is 33.9. The van der Waals surface area contributed by atoms with Crippen LogP contribution in [0.1, 0.15) is 0 Å². The fourth-order valence-corrected chi connectivity index (χ4v) is 3.88. The van der Waals surface area contributed by atoms with E-state index in [4.69, 9.17) is 20.1 Å². The van der Waals surface area contributed by atoms with Crippen molar-refractivity contribution in [3.63, 3.8) is 0 Å². The summed E-state index contributed by atoms with van der Waals surface area (Å²) in [7, 11) is -3.20. The van der Waals surface area contributed by atoms with Gasteiger partial charge in [-0.1, -0.05) is 74.3 Å². The molecule has 0 aliphatic carbocycles. The van der Waals surface area contributed by atoms with Gasteiger partial charge in [-0.25, -0.2) is 22.0 Å². The molecule has 0 fully saturated rings. The van der Waals surface area contributed by atoms with E-state index in [1.807, 2.05) is 0 Å². The van der Waals surface area contributed by atoms with Crippen LogP contribution in [-0.4, -0.2) is 34.3 Å². The van der Waals surface area contributed by atoms with Crippen LogP contribution in [0.3, 0.4) is 0 Å². The SMILES string of the molecule is Fc1cc(Br)ccc1Br.Fc1cccc(Br)c1.Fc1ccccc1.OB(O)c1ccc(Br)c(F)c1.OB(O)c1cccc(F)c1. The second-order valence-electron chi connectivity index (χ2n) is 8.27. The molecular weight excluding hydrogens is 861 g/mol. The van der Waals surface area contributed by atoms with Crippen molar-refractivity contribution in [1.82, 2.24) is 0 Å². The highest BCUT2D eigenvalue weighted by Gasteiger charge is 2.12. The van der Waals surface area contributed by atoms with E-state index in [0.717, 1.165) is 21.1 Å². The summed E-state index contributed by atoms with van der Waals surface area (Å²) in [5.74, 6) is -1.60. The van der Waals surface area contributed by atoms with Gasteiger partial charge in [-0.15, -0.1) is 0 Å². The van der Waals surface area contributed by atoms with Gasteiger partial charge in [0.1, 0.15) is 29.1 Å². The molecule has 0 heterocycles. The molecule has 5 rings (SSSR count). The predicted molar refractivity (Wildman–Crippen MR) is 182 cm³/mol. The van der Waals surface area contributed by atoms with Crippen molar-refractivity contribution in [2.24, 2.45) is 0 Å². The fourth-order valence-electron chi connectivity index (χ4n) is 2.69. The zero-order valence-corrected chi connectivity index (χ0v) is 29.2. The smallest absolute Gasteiger partial charge is 0.423 e. The van der Waals surface area contributed by atoms with Crippen molar-refractivity contribution in [3.05, 3.63) is 162 Å². The Labute approximate surface area is 291 Å². The lowest BCUT2D eigenvalue weighted by Crippen LogP contribution is -2.29. The Morgan fingerprint density at radius 1 is 0.400 bits per heavy atom. The zero-order valence-electron chi connectivity index (χ0n) is 22.8. The molecule has 0 bridgehead atoms. The third-order valence-corrected chi connectivity index (χ3v) is 7.06. The minimum absolute atomic E-state index is 0.144. The maximum Gasteiger partial charge on any atom is 0.488 e. The van der Waals surface area contributed by atoms with Gasteiger partial charge < -0.3 is 20.1 Å². The van der Waals surface area contributed by atoms with Gasteiger partial charge in [-0.05, 0) is 116 Å². The van der Waals surface area contributed by atoms with E-state index in [1.165, 1.54) is 60.7 Å². The summed E-state index contributed by atoms with van der Waals surface area (Å²) < 4.78 is 63.8. The maximum absolute atomic E-state index is 12.7. The van der Waals surface area contributed by atoms with Crippen LogP contribution in [0, 0.1) is 29.1 Å². The average Bonchev–Trinajstić information content (AvgIpc) is 2.98. The number of hydrogen-bond acceptors (Lipinski definition) is 4. The first-order valence-corrected chi connectivity index (χ1v) is 15.5. The Kier molecular flexibility index (Phi) is 20.1. The van der Waals surface area contributed by atoms with E-state index in [-0.39, 0.29) is 28.4 Å². The summed E-state index contributed by atoms with van der Waals surface area (Å²) in [6, 6.07) is 28.1. The molecule has 0 radical (unpaired) electrons. The highest BCUT2D eigenvalue weighted by Crippen LogP contribution is 2.19. The number of benzene rings is 5. The third-order valence-electron chi connectivity index (χ3n) is 4.79. The minimum atomic E-state index is -1.61. The maximum atomic E-state index is 12.7. The highest BCUT2D eigenvalue weighted by molar-refractivity contribution is 9.11. The Morgan fingerprint density at radius 3 is 1.20 bits per heavy atom. The van der Waals surface area contributed by atoms with Crippen molar-refractivity contribution in [2.75, 3.05) is 0 Å². The second-order valence-corrected chi connectivity index (χ2v) is 11.8. The lowest BCUT2D eigenvalue weighted by Gasteiger charge is -1.99. The second kappa shape index (κ2) is 22.2. The first-order valence-electron chi connectivity index (χ1n) is 12.3. The Hall–Kier alpha value is -2.36. The van der Waals surface area contributed by atoms with Crippen molar-refractivity contribution >= 4 is 88.9 Å². The van der Waals surface area contributed by atoms with Crippen LogP contribution in [0.15, 0.2) is 133 Å². The topological polar surface area (TPSA) is 80.9 Å². The number of halogens is 9. The van der Waals surface area contributed by atoms with E-state index in [1.54, 1.807) is 42.5 Å². The quantitative estimate of drug-likeness (QED) is 0.0841. The molecule has 4 nitrogen and oxygen atoms in total. The Bertz CT molecular complexity index is 1570. The molecule has 0 saturated heterocycles. The van der Waals surface area contributed by atoms with Crippen LogP contribution < -0.4 is 10.9 Å². The molecule has 0 aliphatic heterocycles. The minimum Gasteiger partial charge on any atom is -0.423 e. The average molecular weight is 884 g/mol. The van der Waals surface area contributed by atoms with Crippen molar-refractivity contribution in [3.8, 4) is 0 Å². The van der Waals surface area contributed by atoms with Crippen LogP contribution in [0.5, 0.6) is 0 Å². The standard InChI is InChI=1S/C6H5BBrFO2.C6H6BFO2.C6H3Br2F.C6H4BrF.C6H5F/c8-5-2-1-4(7(10)11)3-6(5)9;8-6-3-1-2-5(4-6)7(9)10;7-4-1-2-5(8)6(9)3-4;7-5-2-1-3-6(8)4-5;7-6-4-2-1-3-5-6/h1-3,10-11H;1-4,9-10H;1-3H;1-4H;1-5H. The molecule has 0 aliphatic rings. The largest absolute Gasteiger partial charge is 0.488 e. The van der Waals surface area contributed by atoms with Gasteiger partial charge in [0, 0.05) is 8.95 Å². The molecule has 0 spiro atoms. The fraction of sp³-hybridized carbons (Fsp3) is 0. The van der Waals surface area contributed by atoms with Crippen molar-refractivity contribution in [1.29, 1.82) is 0 Å². The molecule has 4 N–H and O–H groups in total. The molecule has 236 valence electrons. The van der Waals surface area contributed by atoms with Gasteiger partial charge in [-0.2, -0.15) is 0 Å². The third kappa shape index (κ3) is 18.4. The van der Waals surface area contributed by atoms with Crippen LogP contribution in [0.4, 0.5) is 22.0 Å². The van der Waals surface area contributed by atoms with E-state index in [2.05, 4.69) is 63.7 Å². The summed E-state index contributed by atoms with van der Waals surface area (Å²) >= 11 is 12.2. The van der Waals surface area contributed by atoms with Crippen LogP contribution in [-0.2, 0) is 0 Å². The molecule has 0 saturated carbocycles. The molecular formula is C30H23B2Br4F5O4. The first kappa shape index (κ1) is 40.7. The molecule has 45 heavy (non-hydrogen) atoms. The molecule has 0 unspecified atom stereocenters. The summed E-state index contributed by atoms with van der Waals surface area (Å²) in [6.07, 6.45) is 0. The number of rotatable bonds is 2. The Balaban J connectivity index is 0.000000283.